The maximum absolute atomic E-state index is 2.35. The van der Waals surface area contributed by atoms with Gasteiger partial charge in [-0.1, -0.05) is 127 Å². The van der Waals surface area contributed by atoms with Crippen LogP contribution in [0, 0.1) is 0 Å². The Morgan fingerprint density at radius 3 is 1.75 bits per heavy atom. The summed E-state index contributed by atoms with van der Waals surface area (Å²) < 4.78 is 2.70. The highest BCUT2D eigenvalue weighted by molar-refractivity contribution is 7.99. The van der Waals surface area contributed by atoms with E-state index in [-0.39, 0.29) is 0 Å². The van der Waals surface area contributed by atoms with Crippen LogP contribution in [0.5, 0.6) is 0 Å². The molecule has 1 aliphatic heterocycles. The Morgan fingerprint density at radius 2 is 0.900 bits per heavy atom. The van der Waals surface area contributed by atoms with Gasteiger partial charge in [-0.3, -0.25) is 0 Å². The standard InChI is InChI=1S/C38H22S2/c1-2-10-24-23(9-1)25(19-20-27(24)32-15-8-16-33-29-12-4-6-18-35(29)40-38(32)33)26-21-22-36-37-30(26)13-7-14-31(37)28-11-3-5-17-34(28)39-36/h1-22H. The minimum atomic E-state index is 1.29. The molecule has 7 aromatic carbocycles. The Morgan fingerprint density at radius 1 is 0.325 bits per heavy atom. The second-order valence-electron chi connectivity index (χ2n) is 10.4. The van der Waals surface area contributed by atoms with Crippen molar-refractivity contribution in [2.24, 2.45) is 0 Å². The highest BCUT2D eigenvalue weighted by Gasteiger charge is 2.21. The van der Waals surface area contributed by atoms with Crippen molar-refractivity contribution in [3.63, 3.8) is 0 Å². The first-order valence-corrected chi connectivity index (χ1v) is 15.2. The minimum Gasteiger partial charge on any atom is -0.135 e. The van der Waals surface area contributed by atoms with Crippen molar-refractivity contribution >= 4 is 64.8 Å². The molecule has 0 bridgehead atoms. The SMILES string of the molecule is c1ccc2c(c1)Sc1ccc(-c3ccc(-c4cccc5c4sc4ccccc45)c4ccccc34)c3cccc-2c13. The van der Waals surface area contributed by atoms with Crippen molar-refractivity contribution in [2.75, 3.05) is 0 Å². The molecule has 0 saturated carbocycles. The molecule has 0 nitrogen and oxygen atoms in total. The smallest absolute Gasteiger partial charge is 0.0434 e. The van der Waals surface area contributed by atoms with Gasteiger partial charge in [0, 0.05) is 40.9 Å². The number of hydrogen-bond acceptors (Lipinski definition) is 2. The second-order valence-corrected chi connectivity index (χ2v) is 12.6. The van der Waals surface area contributed by atoms with Crippen LogP contribution >= 0.6 is 23.1 Å². The Hall–Kier alpha value is -4.37. The van der Waals surface area contributed by atoms with Crippen LogP contribution in [0.4, 0.5) is 0 Å². The lowest BCUT2D eigenvalue weighted by molar-refractivity contribution is 1.40. The van der Waals surface area contributed by atoms with Gasteiger partial charge in [-0.05, 0) is 62.2 Å². The molecule has 8 aromatic rings. The number of hydrogen-bond donors (Lipinski definition) is 0. The summed E-state index contributed by atoms with van der Waals surface area (Å²) in [5.41, 5.74) is 7.86. The van der Waals surface area contributed by atoms with Crippen LogP contribution in [0.25, 0.3) is 75.1 Å². The van der Waals surface area contributed by atoms with Gasteiger partial charge < -0.3 is 0 Å². The number of rotatable bonds is 2. The highest BCUT2D eigenvalue weighted by Crippen LogP contribution is 2.50. The summed E-state index contributed by atoms with van der Waals surface area (Å²) in [5.74, 6) is 0. The molecular weight excluding hydrogens is 521 g/mol. The molecule has 0 spiro atoms. The first-order valence-electron chi connectivity index (χ1n) is 13.6. The molecule has 2 heterocycles. The molecule has 0 N–H and O–H groups in total. The molecule has 186 valence electrons. The monoisotopic (exact) mass is 542 g/mol. The van der Waals surface area contributed by atoms with Gasteiger partial charge in [0.15, 0.2) is 0 Å². The van der Waals surface area contributed by atoms with Crippen LogP contribution in [0.3, 0.4) is 0 Å². The fraction of sp³-hybridized carbons (Fsp3) is 0. The van der Waals surface area contributed by atoms with Crippen molar-refractivity contribution in [1.29, 1.82) is 0 Å². The number of fused-ring (bicyclic) bond motifs is 6. The Labute approximate surface area is 240 Å². The average molecular weight is 543 g/mol. The van der Waals surface area contributed by atoms with Gasteiger partial charge in [-0.2, -0.15) is 0 Å². The fourth-order valence-electron chi connectivity index (χ4n) is 6.54. The van der Waals surface area contributed by atoms with E-state index in [0.717, 1.165) is 0 Å². The largest absolute Gasteiger partial charge is 0.135 e. The van der Waals surface area contributed by atoms with Gasteiger partial charge in [0.1, 0.15) is 0 Å². The highest BCUT2D eigenvalue weighted by atomic mass is 32.2. The molecule has 40 heavy (non-hydrogen) atoms. The summed E-state index contributed by atoms with van der Waals surface area (Å²) in [6.45, 7) is 0. The molecule has 1 aromatic heterocycles. The number of benzene rings is 7. The molecule has 0 fully saturated rings. The van der Waals surface area contributed by atoms with Gasteiger partial charge in [-0.25, -0.2) is 0 Å². The lowest BCUT2D eigenvalue weighted by atomic mass is 9.88. The molecule has 0 atom stereocenters. The number of thiophene rings is 1. The molecule has 0 aliphatic carbocycles. The lowest BCUT2D eigenvalue weighted by Gasteiger charge is -2.22. The summed E-state index contributed by atoms with van der Waals surface area (Å²) in [5, 5.41) is 7.96. The van der Waals surface area contributed by atoms with Crippen molar-refractivity contribution in [1.82, 2.24) is 0 Å². The van der Waals surface area contributed by atoms with E-state index in [4.69, 9.17) is 0 Å². The first kappa shape index (κ1) is 22.4. The predicted octanol–water partition coefficient (Wildman–Crippen LogP) is 11.8. The average Bonchev–Trinajstić information content (AvgIpc) is 3.40. The van der Waals surface area contributed by atoms with Crippen molar-refractivity contribution in [3.05, 3.63) is 133 Å². The van der Waals surface area contributed by atoms with E-state index in [2.05, 4.69) is 133 Å². The predicted molar refractivity (Wildman–Crippen MR) is 175 cm³/mol. The van der Waals surface area contributed by atoms with Crippen LogP contribution < -0.4 is 0 Å². The van der Waals surface area contributed by atoms with E-state index in [9.17, 15) is 0 Å². The van der Waals surface area contributed by atoms with E-state index in [1.165, 1.54) is 84.9 Å². The van der Waals surface area contributed by atoms with Crippen LogP contribution in [-0.4, -0.2) is 0 Å². The Balaban J connectivity index is 1.30. The van der Waals surface area contributed by atoms with Crippen LogP contribution in [0.2, 0.25) is 0 Å². The molecule has 9 rings (SSSR count). The summed E-state index contributed by atoms with van der Waals surface area (Å²) in [6, 6.07) is 49.4. The third-order valence-electron chi connectivity index (χ3n) is 8.31. The van der Waals surface area contributed by atoms with Gasteiger partial charge in [0.25, 0.3) is 0 Å². The fourth-order valence-corrected chi connectivity index (χ4v) is 8.90. The molecule has 1 aliphatic rings. The van der Waals surface area contributed by atoms with E-state index in [1.807, 2.05) is 23.1 Å². The van der Waals surface area contributed by atoms with E-state index in [0.29, 0.717) is 0 Å². The van der Waals surface area contributed by atoms with Gasteiger partial charge >= 0.3 is 0 Å². The minimum absolute atomic E-state index is 1.29. The van der Waals surface area contributed by atoms with Crippen molar-refractivity contribution < 1.29 is 0 Å². The van der Waals surface area contributed by atoms with Gasteiger partial charge in [0.05, 0.1) is 0 Å². The topological polar surface area (TPSA) is 0 Å². The van der Waals surface area contributed by atoms with Crippen LogP contribution in [0.15, 0.2) is 143 Å². The summed E-state index contributed by atoms with van der Waals surface area (Å²) in [4.78, 5) is 2.67. The molecule has 0 unspecified atom stereocenters. The summed E-state index contributed by atoms with van der Waals surface area (Å²) in [7, 11) is 0. The van der Waals surface area contributed by atoms with Crippen molar-refractivity contribution in [3.8, 4) is 33.4 Å². The third-order valence-corrected chi connectivity index (χ3v) is 10.7. The first-order chi connectivity index (χ1) is 19.8. The van der Waals surface area contributed by atoms with E-state index in [1.54, 1.807) is 0 Å². The maximum atomic E-state index is 2.35. The zero-order valence-electron chi connectivity index (χ0n) is 21.5. The molecule has 0 amide bonds. The second kappa shape index (κ2) is 8.56. The molecule has 0 saturated heterocycles. The molecule has 2 heteroatoms. The summed E-state index contributed by atoms with van der Waals surface area (Å²) >= 11 is 3.78. The quantitative estimate of drug-likeness (QED) is 0.209. The van der Waals surface area contributed by atoms with Crippen LogP contribution in [-0.2, 0) is 0 Å². The normalized spacial score (nSPS) is 12.4. The van der Waals surface area contributed by atoms with Gasteiger partial charge in [0.2, 0.25) is 0 Å². The van der Waals surface area contributed by atoms with Crippen LogP contribution in [0.1, 0.15) is 0 Å². The lowest BCUT2D eigenvalue weighted by Crippen LogP contribution is -1.94. The van der Waals surface area contributed by atoms with Gasteiger partial charge in [-0.15, -0.1) is 11.3 Å². The van der Waals surface area contributed by atoms with E-state index < -0.39 is 0 Å². The van der Waals surface area contributed by atoms with Crippen molar-refractivity contribution in [2.45, 2.75) is 9.79 Å². The summed E-state index contributed by atoms with van der Waals surface area (Å²) in [6.07, 6.45) is 0. The zero-order chi connectivity index (χ0) is 26.2. The Kier molecular flexibility index (Phi) is 4.81. The molecular formula is C38H22S2. The Bertz CT molecular complexity index is 2300. The maximum Gasteiger partial charge on any atom is 0.0434 e. The molecule has 0 radical (unpaired) electrons. The van der Waals surface area contributed by atoms with E-state index >= 15 is 0 Å². The zero-order valence-corrected chi connectivity index (χ0v) is 23.2. The third kappa shape index (κ3) is 3.15.